The Hall–Kier alpha value is -1.37. The molecular formula is C19H22N2O2S2. The molecule has 0 saturated carbocycles. The van der Waals surface area contributed by atoms with Gasteiger partial charge in [0.15, 0.2) is 0 Å². The molecule has 0 N–H and O–H groups in total. The van der Waals surface area contributed by atoms with Crippen LogP contribution in [0, 0.1) is 13.8 Å². The molecule has 0 unspecified atom stereocenters. The van der Waals surface area contributed by atoms with Crippen molar-refractivity contribution >= 4 is 29.0 Å². The summed E-state index contributed by atoms with van der Waals surface area (Å²) >= 11 is 3.63. The van der Waals surface area contributed by atoms with Gasteiger partial charge in [0, 0.05) is 29.8 Å². The Morgan fingerprint density at radius 1 is 1.36 bits per heavy atom. The van der Waals surface area contributed by atoms with Crippen molar-refractivity contribution in [3.8, 4) is 0 Å². The van der Waals surface area contributed by atoms with E-state index in [-0.39, 0.29) is 16.8 Å². The van der Waals surface area contributed by atoms with Gasteiger partial charge in [-0.3, -0.25) is 4.79 Å². The zero-order chi connectivity index (χ0) is 17.4. The number of ether oxygens (including phenoxy) is 1. The minimum atomic E-state index is 0.159. The first-order chi connectivity index (χ1) is 12.0. The number of amides is 1. The first-order valence-electron chi connectivity index (χ1n) is 8.56. The molecule has 2 aliphatic rings. The lowest BCUT2D eigenvalue weighted by molar-refractivity contribution is 0.0246. The van der Waals surface area contributed by atoms with Crippen LogP contribution in [0.4, 0.5) is 0 Å². The Kier molecular flexibility index (Phi) is 4.60. The van der Waals surface area contributed by atoms with E-state index in [0.29, 0.717) is 6.61 Å². The average molecular weight is 375 g/mol. The molecule has 0 radical (unpaired) electrons. The van der Waals surface area contributed by atoms with Crippen molar-refractivity contribution in [1.29, 1.82) is 0 Å². The monoisotopic (exact) mass is 374 g/mol. The summed E-state index contributed by atoms with van der Waals surface area (Å²) in [6.45, 7) is 6.28. The molecule has 2 saturated heterocycles. The van der Waals surface area contributed by atoms with Crippen LogP contribution in [0.15, 0.2) is 29.6 Å². The molecule has 4 rings (SSSR count). The van der Waals surface area contributed by atoms with Crippen molar-refractivity contribution < 1.29 is 9.53 Å². The molecule has 1 aromatic carbocycles. The maximum absolute atomic E-state index is 12.7. The summed E-state index contributed by atoms with van der Waals surface area (Å²) in [7, 11) is 0. The molecule has 1 spiro atoms. The topological polar surface area (TPSA) is 42.4 Å². The Labute approximate surface area is 156 Å². The second-order valence-electron chi connectivity index (χ2n) is 6.97. The number of hydrogen-bond acceptors (Lipinski definition) is 5. The molecule has 2 aliphatic heterocycles. The predicted molar refractivity (Wildman–Crippen MR) is 102 cm³/mol. The predicted octanol–water partition coefficient (Wildman–Crippen LogP) is 3.68. The maximum atomic E-state index is 12.7. The number of hydrogen-bond donors (Lipinski definition) is 0. The lowest BCUT2D eigenvalue weighted by atomic mass is 9.91. The largest absolute Gasteiger partial charge is 0.371 e. The van der Waals surface area contributed by atoms with Gasteiger partial charge < -0.3 is 9.64 Å². The van der Waals surface area contributed by atoms with Gasteiger partial charge in [-0.25, -0.2) is 4.98 Å². The van der Waals surface area contributed by atoms with Crippen LogP contribution in [-0.4, -0.2) is 45.5 Å². The van der Waals surface area contributed by atoms with E-state index >= 15 is 0 Å². The third-order valence-corrected chi connectivity index (χ3v) is 7.33. The number of aromatic nitrogens is 1. The molecule has 2 fully saturated rings. The highest BCUT2D eigenvalue weighted by molar-refractivity contribution is 8.01. The van der Waals surface area contributed by atoms with Gasteiger partial charge in [0.25, 0.3) is 5.91 Å². The van der Waals surface area contributed by atoms with Gasteiger partial charge in [0.1, 0.15) is 0 Å². The summed E-state index contributed by atoms with van der Waals surface area (Å²) < 4.78 is 6.25. The van der Waals surface area contributed by atoms with Gasteiger partial charge >= 0.3 is 0 Å². The zero-order valence-electron chi connectivity index (χ0n) is 14.5. The molecule has 1 amide bonds. The summed E-state index contributed by atoms with van der Waals surface area (Å²) in [5.74, 6) is 1.17. The van der Waals surface area contributed by atoms with E-state index in [1.54, 1.807) is 11.3 Å². The summed E-state index contributed by atoms with van der Waals surface area (Å²) in [5, 5.41) is 3.15. The molecular weight excluding hydrogens is 352 g/mol. The molecule has 2 aromatic rings. The van der Waals surface area contributed by atoms with Crippen molar-refractivity contribution in [3.05, 3.63) is 51.5 Å². The average Bonchev–Trinajstić information content (AvgIpc) is 3.18. The van der Waals surface area contributed by atoms with E-state index in [1.807, 2.05) is 54.8 Å². The summed E-state index contributed by atoms with van der Waals surface area (Å²) in [6.07, 6.45) is 1.29. The van der Waals surface area contributed by atoms with Crippen molar-refractivity contribution in [1.82, 2.24) is 9.88 Å². The smallest absolute Gasteiger partial charge is 0.254 e. The Bertz CT molecular complexity index is 783. The third kappa shape index (κ3) is 3.48. The van der Waals surface area contributed by atoms with Crippen molar-refractivity contribution in [3.63, 3.8) is 0 Å². The van der Waals surface area contributed by atoms with Gasteiger partial charge in [-0.2, -0.15) is 0 Å². The number of benzene rings is 1. The van der Waals surface area contributed by atoms with Crippen LogP contribution in [-0.2, 0) is 11.3 Å². The third-order valence-electron chi connectivity index (χ3n) is 4.93. The SMILES string of the molecule is Cc1nc(CO[C@@H]2CSC3(C2)CN(C(=O)c2ccccc2C)C3)cs1. The lowest BCUT2D eigenvalue weighted by Crippen LogP contribution is -2.60. The fourth-order valence-corrected chi connectivity index (χ4v) is 5.73. The first-order valence-corrected chi connectivity index (χ1v) is 10.4. The van der Waals surface area contributed by atoms with Crippen LogP contribution < -0.4 is 0 Å². The van der Waals surface area contributed by atoms with Crippen LogP contribution in [0.2, 0.25) is 0 Å². The van der Waals surface area contributed by atoms with Gasteiger partial charge in [-0.05, 0) is 31.9 Å². The van der Waals surface area contributed by atoms with Crippen LogP contribution >= 0.6 is 23.1 Å². The molecule has 132 valence electrons. The van der Waals surface area contributed by atoms with E-state index in [4.69, 9.17) is 4.74 Å². The van der Waals surface area contributed by atoms with Gasteiger partial charge in [0.05, 0.1) is 28.2 Å². The first kappa shape index (κ1) is 17.1. The van der Waals surface area contributed by atoms with E-state index in [9.17, 15) is 4.79 Å². The number of aryl methyl sites for hydroxylation is 2. The quantitative estimate of drug-likeness (QED) is 0.819. The normalized spacial score (nSPS) is 21.5. The number of thioether (sulfide) groups is 1. The molecule has 6 heteroatoms. The molecule has 0 aliphatic carbocycles. The number of likely N-dealkylation sites (tertiary alicyclic amines) is 1. The molecule has 25 heavy (non-hydrogen) atoms. The number of nitrogens with zero attached hydrogens (tertiary/aromatic N) is 2. The summed E-state index contributed by atoms with van der Waals surface area (Å²) in [4.78, 5) is 19.1. The van der Waals surface area contributed by atoms with Crippen LogP contribution in [0.25, 0.3) is 0 Å². The standard InChI is InChI=1S/C19H22N2O2S2/c1-13-5-3-4-6-17(13)18(22)21-11-19(12-21)7-16(10-25-19)23-8-15-9-24-14(2)20-15/h3-6,9,16H,7-8,10-12H2,1-2H3/t16-/m0/s1. The van der Waals surface area contributed by atoms with Crippen molar-refractivity contribution in [2.75, 3.05) is 18.8 Å². The molecule has 0 bridgehead atoms. The second-order valence-corrected chi connectivity index (χ2v) is 9.52. The Morgan fingerprint density at radius 2 is 2.16 bits per heavy atom. The van der Waals surface area contributed by atoms with E-state index < -0.39 is 0 Å². The minimum Gasteiger partial charge on any atom is -0.371 e. The van der Waals surface area contributed by atoms with Crippen molar-refractivity contribution in [2.45, 2.75) is 37.7 Å². The van der Waals surface area contributed by atoms with Gasteiger partial charge in [-0.1, -0.05) is 18.2 Å². The summed E-state index contributed by atoms with van der Waals surface area (Å²) in [6, 6.07) is 7.83. The summed E-state index contributed by atoms with van der Waals surface area (Å²) in [5.41, 5.74) is 2.90. The lowest BCUT2D eigenvalue weighted by Gasteiger charge is -2.47. The molecule has 1 aromatic heterocycles. The molecule has 1 atom stereocenters. The van der Waals surface area contributed by atoms with Gasteiger partial charge in [-0.15, -0.1) is 23.1 Å². The fourth-order valence-electron chi connectivity index (χ4n) is 3.58. The Balaban J connectivity index is 1.30. The number of rotatable bonds is 4. The Morgan fingerprint density at radius 3 is 2.88 bits per heavy atom. The van der Waals surface area contributed by atoms with E-state index in [2.05, 4.69) is 10.4 Å². The highest BCUT2D eigenvalue weighted by Gasteiger charge is 2.51. The number of carbonyl (C=O) groups is 1. The minimum absolute atomic E-state index is 0.159. The van der Waals surface area contributed by atoms with Crippen LogP contribution in [0.3, 0.4) is 0 Å². The fraction of sp³-hybridized carbons (Fsp3) is 0.474. The number of thiazole rings is 1. The zero-order valence-corrected chi connectivity index (χ0v) is 16.2. The molecule has 3 heterocycles. The van der Waals surface area contributed by atoms with Gasteiger partial charge in [0.2, 0.25) is 0 Å². The maximum Gasteiger partial charge on any atom is 0.254 e. The highest BCUT2D eigenvalue weighted by Crippen LogP contribution is 2.46. The van der Waals surface area contributed by atoms with Crippen LogP contribution in [0.5, 0.6) is 0 Å². The molecule has 4 nitrogen and oxygen atoms in total. The van der Waals surface area contributed by atoms with Crippen molar-refractivity contribution in [2.24, 2.45) is 0 Å². The second kappa shape index (κ2) is 6.74. The van der Waals surface area contributed by atoms with Crippen LogP contribution in [0.1, 0.15) is 33.0 Å². The van der Waals surface area contributed by atoms with E-state index in [0.717, 1.165) is 47.1 Å². The highest BCUT2D eigenvalue weighted by atomic mass is 32.2. The number of carbonyl (C=O) groups excluding carboxylic acids is 1. The van der Waals surface area contributed by atoms with E-state index in [1.165, 1.54) is 0 Å².